The van der Waals surface area contributed by atoms with E-state index in [4.69, 9.17) is 10.2 Å². The molecular weight excluding hydrogens is 238 g/mol. The van der Waals surface area contributed by atoms with Crippen LogP contribution in [-0.4, -0.2) is 4.98 Å². The minimum absolute atomic E-state index is 0.462. The monoisotopic (exact) mass is 251 g/mol. The molecule has 0 spiro atoms. The molecule has 0 aliphatic rings. The molecule has 0 radical (unpaired) electrons. The maximum atomic E-state index is 5.63. The summed E-state index contributed by atoms with van der Waals surface area (Å²) in [5, 5.41) is 3.09. The number of benzene rings is 2. The van der Waals surface area contributed by atoms with Gasteiger partial charge in [0.05, 0.1) is 0 Å². The fraction of sp³-hybridized carbons (Fsp3) is 0. The Bertz CT molecular complexity index is 659. The lowest BCUT2D eigenvalue weighted by atomic mass is 10.2. The van der Waals surface area contributed by atoms with Crippen molar-refractivity contribution in [2.24, 2.45) is 0 Å². The lowest BCUT2D eigenvalue weighted by Crippen LogP contribution is -1.91. The van der Waals surface area contributed by atoms with Gasteiger partial charge in [0.1, 0.15) is 12.0 Å². The Hall–Kier alpha value is -2.75. The third-order valence-electron chi connectivity index (χ3n) is 2.74. The summed E-state index contributed by atoms with van der Waals surface area (Å²) in [6, 6.07) is 17.8. The number of nitrogens with two attached hydrogens (primary N) is 1. The highest BCUT2D eigenvalue weighted by Gasteiger charge is 2.05. The fourth-order valence-electron chi connectivity index (χ4n) is 1.76. The van der Waals surface area contributed by atoms with E-state index < -0.39 is 0 Å². The van der Waals surface area contributed by atoms with Crippen molar-refractivity contribution in [3.05, 3.63) is 60.9 Å². The topological polar surface area (TPSA) is 64.1 Å². The van der Waals surface area contributed by atoms with Crippen LogP contribution < -0.4 is 11.1 Å². The van der Waals surface area contributed by atoms with Gasteiger partial charge < -0.3 is 15.5 Å². The molecule has 0 fully saturated rings. The third-order valence-corrected chi connectivity index (χ3v) is 2.74. The zero-order chi connectivity index (χ0) is 13.1. The second-order valence-electron chi connectivity index (χ2n) is 4.15. The van der Waals surface area contributed by atoms with E-state index in [2.05, 4.69) is 10.3 Å². The van der Waals surface area contributed by atoms with Crippen LogP contribution in [0.3, 0.4) is 0 Å². The van der Waals surface area contributed by atoms with Gasteiger partial charge in [-0.25, -0.2) is 0 Å². The lowest BCUT2D eigenvalue weighted by Gasteiger charge is -2.01. The number of oxazole rings is 1. The summed E-state index contributed by atoms with van der Waals surface area (Å²) in [7, 11) is 0. The van der Waals surface area contributed by atoms with Crippen molar-refractivity contribution in [3.63, 3.8) is 0 Å². The molecule has 0 saturated heterocycles. The number of anilines is 3. The first kappa shape index (κ1) is 11.3. The molecule has 4 nitrogen and oxygen atoms in total. The normalized spacial score (nSPS) is 10.3. The molecular formula is C15H13N3O. The molecule has 0 aliphatic heterocycles. The first-order chi connectivity index (χ1) is 9.31. The van der Waals surface area contributed by atoms with Crippen molar-refractivity contribution in [2.45, 2.75) is 0 Å². The van der Waals surface area contributed by atoms with Crippen molar-refractivity contribution in [1.29, 1.82) is 0 Å². The van der Waals surface area contributed by atoms with E-state index >= 15 is 0 Å². The molecule has 0 saturated carbocycles. The Balaban J connectivity index is 1.80. The molecule has 3 N–H and O–H groups in total. The van der Waals surface area contributed by atoms with Crippen molar-refractivity contribution < 1.29 is 4.42 Å². The first-order valence-corrected chi connectivity index (χ1v) is 5.95. The Morgan fingerprint density at radius 2 is 1.68 bits per heavy atom. The standard InChI is InChI=1S/C15H13N3O/c16-12-6-8-13(9-7-12)17-15-18-14(10-19-15)11-4-2-1-3-5-11/h1-10H,16H2,(H,17,18). The molecule has 3 aromatic rings. The third kappa shape index (κ3) is 2.57. The van der Waals surface area contributed by atoms with Crippen molar-refractivity contribution in [1.82, 2.24) is 4.98 Å². The number of rotatable bonds is 3. The lowest BCUT2D eigenvalue weighted by molar-refractivity contribution is 0.578. The Morgan fingerprint density at radius 1 is 0.947 bits per heavy atom. The van der Waals surface area contributed by atoms with E-state index in [1.165, 1.54) is 0 Å². The number of nitrogens with zero attached hydrogens (tertiary/aromatic N) is 1. The van der Waals surface area contributed by atoms with Gasteiger partial charge in [0, 0.05) is 16.9 Å². The van der Waals surface area contributed by atoms with Crippen LogP contribution in [0.4, 0.5) is 17.4 Å². The van der Waals surface area contributed by atoms with Gasteiger partial charge in [0.2, 0.25) is 0 Å². The Kier molecular flexibility index (Phi) is 2.90. The number of nitrogen functional groups attached to an aromatic ring is 1. The average molecular weight is 251 g/mol. The average Bonchev–Trinajstić information content (AvgIpc) is 2.91. The summed E-state index contributed by atoms with van der Waals surface area (Å²) < 4.78 is 5.40. The summed E-state index contributed by atoms with van der Waals surface area (Å²) in [5.74, 6) is 0. The largest absolute Gasteiger partial charge is 0.431 e. The summed E-state index contributed by atoms with van der Waals surface area (Å²) in [6.07, 6.45) is 1.63. The number of aromatic nitrogens is 1. The second kappa shape index (κ2) is 4.86. The van der Waals surface area contributed by atoms with E-state index in [1.54, 1.807) is 6.26 Å². The van der Waals surface area contributed by atoms with E-state index in [9.17, 15) is 0 Å². The zero-order valence-corrected chi connectivity index (χ0v) is 10.2. The summed E-state index contributed by atoms with van der Waals surface area (Å²) >= 11 is 0. The molecule has 0 bridgehead atoms. The minimum Gasteiger partial charge on any atom is -0.431 e. The van der Waals surface area contributed by atoms with Crippen LogP contribution in [0.15, 0.2) is 65.3 Å². The van der Waals surface area contributed by atoms with E-state index in [1.807, 2.05) is 54.6 Å². The number of nitrogens with one attached hydrogen (secondary N) is 1. The molecule has 0 atom stereocenters. The molecule has 94 valence electrons. The second-order valence-corrected chi connectivity index (χ2v) is 4.15. The highest BCUT2D eigenvalue weighted by atomic mass is 16.4. The predicted octanol–water partition coefficient (Wildman–Crippen LogP) is 3.67. The molecule has 4 heteroatoms. The van der Waals surface area contributed by atoms with Gasteiger partial charge >= 0.3 is 0 Å². The molecule has 19 heavy (non-hydrogen) atoms. The number of hydrogen-bond acceptors (Lipinski definition) is 4. The molecule has 2 aromatic carbocycles. The Labute approximate surface area is 110 Å². The summed E-state index contributed by atoms with van der Waals surface area (Å²) in [4.78, 5) is 4.39. The van der Waals surface area contributed by atoms with Gasteiger partial charge in [-0.2, -0.15) is 4.98 Å². The molecule has 1 heterocycles. The zero-order valence-electron chi connectivity index (χ0n) is 10.2. The highest BCUT2D eigenvalue weighted by molar-refractivity contribution is 5.62. The SMILES string of the molecule is Nc1ccc(Nc2nc(-c3ccccc3)co2)cc1. The van der Waals surface area contributed by atoms with Gasteiger partial charge in [0.25, 0.3) is 6.01 Å². The summed E-state index contributed by atoms with van der Waals surface area (Å²) in [5.41, 5.74) is 9.07. The van der Waals surface area contributed by atoms with Crippen LogP contribution in [0, 0.1) is 0 Å². The molecule has 0 amide bonds. The minimum atomic E-state index is 0.462. The van der Waals surface area contributed by atoms with Crippen molar-refractivity contribution >= 4 is 17.4 Å². The molecule has 0 aliphatic carbocycles. The maximum absolute atomic E-state index is 5.63. The molecule has 3 rings (SSSR count). The van der Waals surface area contributed by atoms with Gasteiger partial charge in [-0.05, 0) is 24.3 Å². The van der Waals surface area contributed by atoms with E-state index in [-0.39, 0.29) is 0 Å². The van der Waals surface area contributed by atoms with Gasteiger partial charge in [-0.15, -0.1) is 0 Å². The first-order valence-electron chi connectivity index (χ1n) is 5.95. The van der Waals surface area contributed by atoms with E-state index in [0.717, 1.165) is 22.6 Å². The van der Waals surface area contributed by atoms with Crippen molar-refractivity contribution in [2.75, 3.05) is 11.1 Å². The Morgan fingerprint density at radius 3 is 2.42 bits per heavy atom. The van der Waals surface area contributed by atoms with Crippen LogP contribution in [0.25, 0.3) is 11.3 Å². The van der Waals surface area contributed by atoms with Crippen LogP contribution in [-0.2, 0) is 0 Å². The van der Waals surface area contributed by atoms with Crippen LogP contribution in [0.2, 0.25) is 0 Å². The highest BCUT2D eigenvalue weighted by Crippen LogP contribution is 2.22. The molecule has 1 aromatic heterocycles. The quantitative estimate of drug-likeness (QED) is 0.697. The predicted molar refractivity (Wildman–Crippen MR) is 76.1 cm³/mol. The van der Waals surface area contributed by atoms with Gasteiger partial charge in [0.15, 0.2) is 0 Å². The number of hydrogen-bond donors (Lipinski definition) is 2. The van der Waals surface area contributed by atoms with Crippen LogP contribution in [0.5, 0.6) is 0 Å². The molecule has 0 unspecified atom stereocenters. The van der Waals surface area contributed by atoms with E-state index in [0.29, 0.717) is 6.01 Å². The smallest absolute Gasteiger partial charge is 0.299 e. The van der Waals surface area contributed by atoms with Crippen LogP contribution >= 0.6 is 0 Å². The van der Waals surface area contributed by atoms with Crippen molar-refractivity contribution in [3.8, 4) is 11.3 Å². The van der Waals surface area contributed by atoms with Crippen LogP contribution in [0.1, 0.15) is 0 Å². The van der Waals surface area contributed by atoms with Gasteiger partial charge in [-0.3, -0.25) is 0 Å². The van der Waals surface area contributed by atoms with Gasteiger partial charge in [-0.1, -0.05) is 30.3 Å². The fourth-order valence-corrected chi connectivity index (χ4v) is 1.76. The summed E-state index contributed by atoms with van der Waals surface area (Å²) in [6.45, 7) is 0. The maximum Gasteiger partial charge on any atom is 0.299 e.